The zero-order valence-electron chi connectivity index (χ0n) is 14.5. The molecule has 0 saturated heterocycles. The van der Waals surface area contributed by atoms with E-state index in [2.05, 4.69) is 9.97 Å². The van der Waals surface area contributed by atoms with Crippen molar-refractivity contribution in [3.05, 3.63) is 80.7 Å². The number of halogens is 3. The number of rotatable bonds is 4. The molecule has 28 heavy (non-hydrogen) atoms. The summed E-state index contributed by atoms with van der Waals surface area (Å²) in [6, 6.07) is 9.83. The van der Waals surface area contributed by atoms with Crippen molar-refractivity contribution < 1.29 is 18.7 Å². The van der Waals surface area contributed by atoms with E-state index in [0.29, 0.717) is 5.02 Å². The van der Waals surface area contributed by atoms with Gasteiger partial charge in [-0.3, -0.25) is 9.59 Å². The van der Waals surface area contributed by atoms with Crippen molar-refractivity contribution >= 4 is 17.5 Å². The Morgan fingerprint density at radius 1 is 1.18 bits per heavy atom. The Balaban J connectivity index is 1.99. The van der Waals surface area contributed by atoms with Crippen LogP contribution in [0, 0.1) is 11.6 Å². The smallest absolute Gasteiger partial charge is 0.294 e. The highest BCUT2D eigenvalue weighted by Crippen LogP contribution is 2.24. The van der Waals surface area contributed by atoms with E-state index in [9.17, 15) is 23.5 Å². The van der Waals surface area contributed by atoms with E-state index in [4.69, 9.17) is 11.6 Å². The monoisotopic (exact) mass is 405 g/mol. The molecule has 0 aliphatic heterocycles. The summed E-state index contributed by atoms with van der Waals surface area (Å²) < 4.78 is 28.0. The molecular formula is C19H14ClF2N3O3. The van der Waals surface area contributed by atoms with Crippen LogP contribution in [0.5, 0.6) is 5.75 Å². The Labute approximate surface area is 163 Å². The van der Waals surface area contributed by atoms with Crippen LogP contribution in [0.4, 0.5) is 8.78 Å². The molecule has 1 heterocycles. The standard InChI is InChI=1S/C19H14ClF2N3O3/c1-25(9-10-5-7-11(20)8-6-10)19(28)15-16(26)18(27)24-17(23-15)14-12(21)3-2-4-13(14)22/h2-8,26H,9H2,1H3,(H,23,24,27). The molecule has 0 unspecified atom stereocenters. The van der Waals surface area contributed by atoms with Gasteiger partial charge in [0, 0.05) is 18.6 Å². The maximum Gasteiger partial charge on any atom is 0.294 e. The van der Waals surface area contributed by atoms with Crippen molar-refractivity contribution in [3.63, 3.8) is 0 Å². The van der Waals surface area contributed by atoms with Crippen molar-refractivity contribution in [3.8, 4) is 17.1 Å². The second-order valence-electron chi connectivity index (χ2n) is 6.00. The molecule has 1 aromatic heterocycles. The van der Waals surface area contributed by atoms with Crippen molar-refractivity contribution in [2.24, 2.45) is 0 Å². The molecule has 9 heteroatoms. The summed E-state index contributed by atoms with van der Waals surface area (Å²) in [5, 5.41) is 10.5. The highest BCUT2D eigenvalue weighted by molar-refractivity contribution is 6.30. The molecule has 1 amide bonds. The van der Waals surface area contributed by atoms with Gasteiger partial charge in [0.05, 0.1) is 5.56 Å². The van der Waals surface area contributed by atoms with E-state index >= 15 is 0 Å². The number of nitrogens with zero attached hydrogens (tertiary/aromatic N) is 2. The lowest BCUT2D eigenvalue weighted by Crippen LogP contribution is -2.29. The lowest BCUT2D eigenvalue weighted by atomic mass is 10.1. The molecule has 6 nitrogen and oxygen atoms in total. The van der Waals surface area contributed by atoms with Gasteiger partial charge in [-0.2, -0.15) is 0 Å². The molecular weight excluding hydrogens is 392 g/mol. The summed E-state index contributed by atoms with van der Waals surface area (Å²) in [5.41, 5.74) is -1.56. The molecule has 144 valence electrons. The summed E-state index contributed by atoms with van der Waals surface area (Å²) in [5.74, 6) is -4.17. The summed E-state index contributed by atoms with van der Waals surface area (Å²) in [4.78, 5) is 31.8. The fourth-order valence-electron chi connectivity index (χ4n) is 2.57. The lowest BCUT2D eigenvalue weighted by molar-refractivity contribution is 0.0775. The summed E-state index contributed by atoms with van der Waals surface area (Å²) in [6.07, 6.45) is 0. The van der Waals surface area contributed by atoms with E-state index in [-0.39, 0.29) is 6.54 Å². The number of nitrogens with one attached hydrogen (secondary N) is 1. The average Bonchev–Trinajstić information content (AvgIpc) is 2.65. The van der Waals surface area contributed by atoms with Crippen LogP contribution >= 0.6 is 11.6 Å². The number of aromatic hydroxyl groups is 1. The summed E-state index contributed by atoms with van der Waals surface area (Å²) in [7, 11) is 1.43. The fraction of sp³-hybridized carbons (Fsp3) is 0.105. The van der Waals surface area contributed by atoms with Gasteiger partial charge in [0.1, 0.15) is 17.5 Å². The molecule has 0 atom stereocenters. The van der Waals surface area contributed by atoms with Crippen LogP contribution in [0.1, 0.15) is 16.1 Å². The van der Waals surface area contributed by atoms with E-state index in [1.54, 1.807) is 24.3 Å². The molecule has 2 N–H and O–H groups in total. The number of carbonyl (C=O) groups excluding carboxylic acids is 1. The van der Waals surface area contributed by atoms with Gasteiger partial charge < -0.3 is 15.0 Å². The Kier molecular flexibility index (Phi) is 5.41. The van der Waals surface area contributed by atoms with Crippen molar-refractivity contribution in [1.82, 2.24) is 14.9 Å². The van der Waals surface area contributed by atoms with Crippen LogP contribution in [-0.2, 0) is 6.54 Å². The number of benzene rings is 2. The molecule has 0 saturated carbocycles. The minimum Gasteiger partial charge on any atom is -0.501 e. The van der Waals surface area contributed by atoms with Crippen LogP contribution in [0.25, 0.3) is 11.4 Å². The summed E-state index contributed by atoms with van der Waals surface area (Å²) in [6.45, 7) is 0.132. The van der Waals surface area contributed by atoms with Gasteiger partial charge in [-0.1, -0.05) is 29.8 Å². The molecule has 3 aromatic rings. The first-order valence-electron chi connectivity index (χ1n) is 8.05. The van der Waals surface area contributed by atoms with Crippen molar-refractivity contribution in [2.75, 3.05) is 7.05 Å². The lowest BCUT2D eigenvalue weighted by Gasteiger charge is -2.17. The van der Waals surface area contributed by atoms with E-state index < -0.39 is 45.9 Å². The largest absolute Gasteiger partial charge is 0.501 e. The number of aromatic amines is 1. The molecule has 0 spiro atoms. The van der Waals surface area contributed by atoms with Gasteiger partial charge in [0.25, 0.3) is 11.5 Å². The van der Waals surface area contributed by atoms with E-state index in [0.717, 1.165) is 23.8 Å². The normalized spacial score (nSPS) is 10.7. The minimum absolute atomic E-state index is 0.132. The maximum atomic E-state index is 14.0. The van der Waals surface area contributed by atoms with Gasteiger partial charge >= 0.3 is 0 Å². The first-order chi connectivity index (χ1) is 13.3. The Hall–Kier alpha value is -3.26. The van der Waals surface area contributed by atoms with Gasteiger partial charge in [-0.05, 0) is 29.8 Å². The zero-order valence-corrected chi connectivity index (χ0v) is 15.3. The number of aromatic nitrogens is 2. The topological polar surface area (TPSA) is 86.3 Å². The third-order valence-electron chi connectivity index (χ3n) is 3.98. The first kappa shape index (κ1) is 19.5. The predicted octanol–water partition coefficient (Wildman–Crippen LogP) is 3.35. The summed E-state index contributed by atoms with van der Waals surface area (Å²) >= 11 is 5.82. The van der Waals surface area contributed by atoms with Gasteiger partial charge in [-0.15, -0.1) is 0 Å². The van der Waals surface area contributed by atoms with E-state index in [1.807, 2.05) is 0 Å². The predicted molar refractivity (Wildman–Crippen MR) is 99.1 cm³/mol. The fourth-order valence-corrected chi connectivity index (χ4v) is 2.70. The quantitative estimate of drug-likeness (QED) is 0.697. The van der Waals surface area contributed by atoms with Crippen LogP contribution in [-0.4, -0.2) is 32.9 Å². The SMILES string of the molecule is CN(Cc1ccc(Cl)cc1)C(=O)c1nc(-c2c(F)cccc2F)[nH]c(=O)c1O. The molecule has 0 fully saturated rings. The van der Waals surface area contributed by atoms with Crippen molar-refractivity contribution in [1.29, 1.82) is 0 Å². The van der Waals surface area contributed by atoms with Gasteiger partial charge in [0.15, 0.2) is 5.69 Å². The Morgan fingerprint density at radius 3 is 2.39 bits per heavy atom. The number of hydrogen-bond acceptors (Lipinski definition) is 4. The molecule has 0 bridgehead atoms. The average molecular weight is 406 g/mol. The highest BCUT2D eigenvalue weighted by atomic mass is 35.5. The highest BCUT2D eigenvalue weighted by Gasteiger charge is 2.24. The number of H-pyrrole nitrogens is 1. The maximum absolute atomic E-state index is 14.0. The third kappa shape index (κ3) is 3.86. The molecule has 0 aliphatic rings. The van der Waals surface area contributed by atoms with Crippen molar-refractivity contribution in [2.45, 2.75) is 6.54 Å². The molecule has 3 rings (SSSR count). The van der Waals surface area contributed by atoms with E-state index in [1.165, 1.54) is 11.9 Å². The Morgan fingerprint density at radius 2 is 1.79 bits per heavy atom. The van der Waals surface area contributed by atoms with Gasteiger partial charge in [0.2, 0.25) is 5.75 Å². The number of hydrogen-bond donors (Lipinski definition) is 2. The zero-order chi connectivity index (χ0) is 20.4. The van der Waals surface area contributed by atoms with Crippen LogP contribution in [0.15, 0.2) is 47.3 Å². The molecule has 0 aliphatic carbocycles. The third-order valence-corrected chi connectivity index (χ3v) is 4.23. The van der Waals surface area contributed by atoms with Crippen LogP contribution in [0.3, 0.4) is 0 Å². The second-order valence-corrected chi connectivity index (χ2v) is 6.43. The molecule has 2 aromatic carbocycles. The Bertz CT molecular complexity index is 1080. The van der Waals surface area contributed by atoms with Crippen LogP contribution < -0.4 is 5.56 Å². The first-order valence-corrected chi connectivity index (χ1v) is 8.43. The van der Waals surface area contributed by atoms with Gasteiger partial charge in [-0.25, -0.2) is 13.8 Å². The minimum atomic E-state index is -1.09. The number of carbonyl (C=O) groups is 1. The number of amides is 1. The molecule has 0 radical (unpaired) electrons. The van der Waals surface area contributed by atoms with Crippen LogP contribution in [0.2, 0.25) is 5.02 Å². The second kappa shape index (κ2) is 7.77.